The summed E-state index contributed by atoms with van der Waals surface area (Å²) in [4.78, 5) is 168. The van der Waals surface area contributed by atoms with Gasteiger partial charge in [0.05, 0.1) is 105 Å². The largest absolute Gasteiger partial charge is 0.481 e. The summed E-state index contributed by atoms with van der Waals surface area (Å²) in [6, 6.07) is -0.472. The average molecular weight is 2020 g/mol. The Kier molecular flexibility index (Phi) is 57.1. The lowest BCUT2D eigenvalue weighted by Gasteiger charge is -2.59. The number of carboxylic acids is 6. The monoisotopic (exact) mass is 2020 g/mol. The van der Waals surface area contributed by atoms with E-state index in [2.05, 4.69) is 62.8 Å². The molecule has 0 saturated heterocycles. The Morgan fingerprint density at radius 3 is 1.27 bits per heavy atom. The molecule has 8 amide bonds. The summed E-state index contributed by atoms with van der Waals surface area (Å²) in [5.74, 6) is -7.47. The number of fused-ring (bicyclic) bond motifs is 3. The lowest BCUT2D eigenvalue weighted by atomic mass is 9.44. The number of aliphatic hydroxyl groups excluding tert-OH is 8. The van der Waals surface area contributed by atoms with Gasteiger partial charge in [0, 0.05) is 140 Å². The molecule has 12 aliphatic rings. The average Bonchev–Trinajstić information content (AvgIpc) is 0.711. The van der Waals surface area contributed by atoms with E-state index in [0.29, 0.717) is 187 Å². The van der Waals surface area contributed by atoms with Crippen molar-refractivity contribution in [1.29, 1.82) is 0 Å². The quantitative estimate of drug-likeness (QED) is 0.0222. The first-order chi connectivity index (χ1) is 67.4. The van der Waals surface area contributed by atoms with Crippen LogP contribution in [0, 0.1) is 98.6 Å². The molecular weight excluding hydrogens is 1850 g/mol. The molecule has 12 aliphatic carbocycles. The molecule has 0 aliphatic heterocycles. The number of alkyl carbamates (subject to hydrolysis) is 3. The van der Waals surface area contributed by atoms with Crippen LogP contribution in [0.4, 0.5) is 19.2 Å². The molecule has 0 heterocycles. The fourth-order valence-electron chi connectivity index (χ4n) is 21.6. The number of aliphatic hydroxyl groups is 8. The highest BCUT2D eigenvalue weighted by molar-refractivity contribution is 5.87. The van der Waals surface area contributed by atoms with E-state index >= 15 is 0 Å². The number of amides is 8. The maximum Gasteiger partial charge on any atom is 0.407 e. The molecular formula is C95H168N14O32. The summed E-state index contributed by atoms with van der Waals surface area (Å²) in [7, 11) is 0. The zero-order chi connectivity index (χ0) is 104. The van der Waals surface area contributed by atoms with E-state index in [1.165, 1.54) is 0 Å². The highest BCUT2D eigenvalue weighted by atomic mass is 16.6. The van der Waals surface area contributed by atoms with Gasteiger partial charge in [-0.2, -0.15) is 0 Å². The number of aliphatic carboxylic acids is 6. The molecule has 141 heavy (non-hydrogen) atoms. The number of hydrogen-bond donors (Lipinski definition) is 26. The maximum absolute atomic E-state index is 12.8. The van der Waals surface area contributed by atoms with Crippen LogP contribution in [0.3, 0.4) is 0 Å². The van der Waals surface area contributed by atoms with Crippen molar-refractivity contribution in [3.63, 3.8) is 0 Å². The molecule has 0 aromatic rings. The van der Waals surface area contributed by atoms with Crippen LogP contribution in [0.5, 0.6) is 0 Å². The van der Waals surface area contributed by atoms with E-state index in [1.807, 2.05) is 4.90 Å². The van der Waals surface area contributed by atoms with Crippen molar-refractivity contribution in [2.45, 2.75) is 225 Å². The molecule has 0 radical (unpaired) electrons. The Balaban J connectivity index is 0.000000301. The SMILES string of the molecule is CC(CO)(CO)COC(=O)NC1CCCC(NC(=O)NC2CCC(C(=O)O)CC2)C1.CC(CO)(CO)COC(=O)NCC1CCCC(CNC(=O)OCC(=O)O)C1.NCCN(CCN)CCNC(=O)C1CCCCC1C(=O)O.O=C(O)C12CC3CC(C1)CC(C(=O)OCCN(CCO)CCO)(C3)C2.O=C(O)C1C2CCC(CC2)C1C(=O)NCCNCCO.O=C(O)C1CCCCC1C(=O)NCCNCCO. The normalized spacial score (nSPS) is 26.8. The minimum absolute atomic E-state index is 0.0115. The van der Waals surface area contributed by atoms with E-state index in [-0.39, 0.29) is 156 Å². The van der Waals surface area contributed by atoms with E-state index in [0.717, 1.165) is 129 Å². The van der Waals surface area contributed by atoms with Crippen LogP contribution in [0.2, 0.25) is 0 Å². The Bertz CT molecular complexity index is 3760. The first-order valence-corrected chi connectivity index (χ1v) is 50.7. The Morgan fingerprint density at radius 2 is 0.816 bits per heavy atom. The van der Waals surface area contributed by atoms with Crippen molar-refractivity contribution in [2.24, 2.45) is 110 Å². The van der Waals surface area contributed by atoms with Crippen molar-refractivity contribution in [3.05, 3.63) is 0 Å². The van der Waals surface area contributed by atoms with Crippen LogP contribution < -0.4 is 64.6 Å². The Morgan fingerprint density at radius 1 is 0.376 bits per heavy atom. The molecule has 12 fully saturated rings. The fraction of sp³-hybridized carbons (Fsp3) is 0.853. The lowest BCUT2D eigenvalue weighted by molar-refractivity contribution is -0.191. The van der Waals surface area contributed by atoms with Crippen LogP contribution in [0.1, 0.15) is 206 Å². The van der Waals surface area contributed by atoms with E-state index < -0.39 is 112 Å². The van der Waals surface area contributed by atoms with E-state index in [4.69, 9.17) is 61.4 Å². The summed E-state index contributed by atoms with van der Waals surface area (Å²) in [5, 5.41) is 155. The smallest absolute Gasteiger partial charge is 0.407 e. The second kappa shape index (κ2) is 65.6. The van der Waals surface area contributed by atoms with Gasteiger partial charge in [-0.15, -0.1) is 0 Å². The predicted molar refractivity (Wildman–Crippen MR) is 510 cm³/mol. The van der Waals surface area contributed by atoms with Gasteiger partial charge in [0.1, 0.15) is 19.8 Å². The van der Waals surface area contributed by atoms with Crippen molar-refractivity contribution >= 4 is 83.8 Å². The molecule has 6 bridgehead atoms. The van der Waals surface area contributed by atoms with Gasteiger partial charge >= 0.3 is 66.1 Å². The topological polar surface area (TPSA) is 738 Å². The molecule has 12 saturated carbocycles. The third-order valence-electron chi connectivity index (χ3n) is 29.1. The van der Waals surface area contributed by atoms with Crippen molar-refractivity contribution < 1.29 is 158 Å². The van der Waals surface area contributed by atoms with Gasteiger partial charge in [0.25, 0.3) is 0 Å². The second-order valence-corrected chi connectivity index (χ2v) is 40.5. The summed E-state index contributed by atoms with van der Waals surface area (Å²) >= 11 is 0. The summed E-state index contributed by atoms with van der Waals surface area (Å²) in [5.41, 5.74) is 7.95. The van der Waals surface area contributed by atoms with Crippen LogP contribution in [-0.4, -0.2) is 374 Å². The number of urea groups is 1. The number of hydrogen-bond acceptors (Lipinski definition) is 32. The number of carboxylic acid groups (broad SMARTS) is 6. The molecule has 0 spiro atoms. The molecule has 12 rings (SSSR count). The van der Waals surface area contributed by atoms with Crippen LogP contribution in [0.15, 0.2) is 0 Å². The fourth-order valence-corrected chi connectivity index (χ4v) is 21.6. The van der Waals surface area contributed by atoms with Gasteiger partial charge in [-0.1, -0.05) is 46.0 Å². The van der Waals surface area contributed by atoms with Crippen LogP contribution in [0.25, 0.3) is 0 Å². The van der Waals surface area contributed by atoms with Gasteiger partial charge in [0.15, 0.2) is 6.61 Å². The number of nitrogens with two attached hydrogens (primary N) is 2. The molecule has 46 heteroatoms. The number of rotatable bonds is 50. The van der Waals surface area contributed by atoms with E-state index in [9.17, 15) is 103 Å². The first kappa shape index (κ1) is 123. The number of nitrogens with zero attached hydrogens (tertiary/aromatic N) is 2. The molecule has 0 aromatic heterocycles. The molecule has 12 unspecified atom stereocenters. The summed E-state index contributed by atoms with van der Waals surface area (Å²) < 4.78 is 20.2. The van der Waals surface area contributed by atoms with Crippen LogP contribution >= 0.6 is 0 Å². The van der Waals surface area contributed by atoms with Gasteiger partial charge in [-0.25, -0.2) is 24.0 Å². The molecule has 28 N–H and O–H groups in total. The Hall–Kier alpha value is -8.78. The zero-order valence-corrected chi connectivity index (χ0v) is 82.6. The van der Waals surface area contributed by atoms with Gasteiger partial charge in [0.2, 0.25) is 17.7 Å². The second-order valence-electron chi connectivity index (χ2n) is 40.5. The van der Waals surface area contributed by atoms with Crippen LogP contribution in [-0.2, 0) is 66.9 Å². The lowest BCUT2D eigenvalue weighted by Crippen LogP contribution is -2.58. The Labute approximate surface area is 826 Å². The number of ether oxygens (including phenoxy) is 4. The standard InChI is InChI=1S/C20H35N3O7.C18H29NO6.C17H30N2O8.C14H28N4O3.C14H24N2O4.C12H22N2O4/c1-20(10-24,11-25)12-30-19(29)23-16-4-2-3-15(9-16)22-18(28)21-14-7-5-13(6-8-14)17(26)27;20-4-1-19(2-5-21)3-6-25-16(24)18-10-13-7-14(11-18)9-17(8-13,12-18)15(22)23;1-17(9-20,10-21)11-27-16(25)19-7-13-4-2-3-12(5-13)6-18-15(24)26-8-14(22)23;15-5-8-18(9-6-16)10-7-17-13(19)11-3-1-2-4-12(11)14(20)21;17-8-7-15-5-6-16-13(18)11-9-1-3-10(4-2-9)12(11)14(19)20;15-8-7-13-5-6-14-11(16)9-3-1-2-4-10(9)12(17)18/h13-16,24-25H,2-12H2,1H3,(H,23,29)(H,26,27)(H2,21,22,28);13-14,20-21H,1-12H2,(H,22,23);12-13,20-21H,2-11H2,1H3,(H,18,24)(H,19,25)(H,22,23);11-12H,1-10,15-16H2,(H,17,19)(H,20,21);9-12,15,17H,1-8H2,(H,16,18)(H,19,20);9-10,13,15H,1-8H2,(H,14,16)(H,17,18). The van der Waals surface area contributed by atoms with Gasteiger partial charge in [-0.3, -0.25) is 53.0 Å². The van der Waals surface area contributed by atoms with Gasteiger partial charge in [-0.05, 0) is 196 Å². The predicted octanol–water partition coefficient (Wildman–Crippen LogP) is 0.375. The van der Waals surface area contributed by atoms with Crippen molar-refractivity contribution in [3.8, 4) is 0 Å². The van der Waals surface area contributed by atoms with Crippen molar-refractivity contribution in [2.75, 3.05) is 191 Å². The summed E-state index contributed by atoms with van der Waals surface area (Å²) in [6.07, 6.45) is 21.6. The highest BCUT2D eigenvalue weighted by Crippen LogP contribution is 2.66. The minimum atomic E-state index is -1.21. The van der Waals surface area contributed by atoms with Gasteiger partial charge < -0.3 is 155 Å². The number of esters is 1. The first-order valence-electron chi connectivity index (χ1n) is 50.7. The number of carbonyl (C=O) groups excluding carboxylic acids is 8. The molecule has 0 aromatic carbocycles. The number of carbonyl (C=O) groups is 14. The van der Waals surface area contributed by atoms with Crippen molar-refractivity contribution in [1.82, 2.24) is 63.0 Å². The number of nitrogens with one attached hydrogen (secondary N) is 10. The maximum atomic E-state index is 12.8. The summed E-state index contributed by atoms with van der Waals surface area (Å²) in [6.45, 7) is 10.6. The third-order valence-corrected chi connectivity index (χ3v) is 29.1. The molecule has 46 nitrogen and oxygen atoms in total. The highest BCUT2D eigenvalue weighted by Gasteiger charge is 2.64. The van der Waals surface area contributed by atoms with E-state index in [1.54, 1.807) is 13.8 Å². The minimum Gasteiger partial charge on any atom is -0.481 e. The zero-order valence-electron chi connectivity index (χ0n) is 82.6. The third kappa shape index (κ3) is 43.6. The molecule has 810 valence electrons. The molecule has 12 atom stereocenters.